The van der Waals surface area contributed by atoms with E-state index in [4.69, 9.17) is 9.47 Å². The fourth-order valence-electron chi connectivity index (χ4n) is 3.90. The third-order valence-corrected chi connectivity index (χ3v) is 5.61. The van der Waals surface area contributed by atoms with E-state index in [0.717, 1.165) is 42.1 Å². The molecule has 0 bridgehead atoms. The van der Waals surface area contributed by atoms with E-state index in [1.54, 1.807) is 7.11 Å². The maximum atomic E-state index is 6.02. The first-order valence-corrected chi connectivity index (χ1v) is 10.1. The zero-order chi connectivity index (χ0) is 18.5. The minimum absolute atomic E-state index is 0.549. The third-order valence-electron chi connectivity index (χ3n) is 5.61. The minimum Gasteiger partial charge on any atom is -0.493 e. The van der Waals surface area contributed by atoms with Crippen LogP contribution in [0.4, 0.5) is 0 Å². The van der Waals surface area contributed by atoms with E-state index < -0.39 is 0 Å². The lowest BCUT2D eigenvalue weighted by Gasteiger charge is -2.16. The number of hydrogen-bond acceptors (Lipinski definition) is 4. The van der Waals surface area contributed by atoms with Gasteiger partial charge in [0.25, 0.3) is 0 Å². The summed E-state index contributed by atoms with van der Waals surface area (Å²) in [7, 11) is 1.69. The Hall–Kier alpha value is -2.04. The Morgan fingerprint density at radius 2 is 1.85 bits per heavy atom. The molecule has 4 rings (SSSR count). The number of likely N-dealkylation sites (tertiary alicyclic amines) is 1. The minimum atomic E-state index is 0.549. The Balaban J connectivity index is 1.28. The number of hydrogen-bond donors (Lipinski definition) is 1. The van der Waals surface area contributed by atoms with E-state index in [-0.39, 0.29) is 0 Å². The number of rotatable bonds is 9. The van der Waals surface area contributed by atoms with Crippen molar-refractivity contribution in [2.75, 3.05) is 26.7 Å². The summed E-state index contributed by atoms with van der Waals surface area (Å²) in [6.45, 7) is 5.07. The molecule has 4 heteroatoms. The lowest BCUT2D eigenvalue weighted by Crippen LogP contribution is -2.27. The monoisotopic (exact) mass is 366 g/mol. The third kappa shape index (κ3) is 5.02. The molecule has 0 aromatic heterocycles. The standard InChI is InChI=1S/C23H30N2O2/c1-26-22-10-7-19(13-23(22)27-17-18-5-3-2-4-6-18)14-24-15-20-11-12-25(16-20)21-8-9-21/h2-7,10,13,20-21,24H,8-9,11-12,14-17H2,1H3. The summed E-state index contributed by atoms with van der Waals surface area (Å²) in [5, 5.41) is 3.64. The van der Waals surface area contributed by atoms with Crippen molar-refractivity contribution >= 4 is 0 Å². The van der Waals surface area contributed by atoms with E-state index >= 15 is 0 Å². The van der Waals surface area contributed by atoms with E-state index in [2.05, 4.69) is 34.5 Å². The van der Waals surface area contributed by atoms with Gasteiger partial charge in [0.1, 0.15) is 6.61 Å². The van der Waals surface area contributed by atoms with Crippen molar-refractivity contribution in [3.05, 3.63) is 59.7 Å². The lowest BCUT2D eigenvalue weighted by atomic mass is 10.1. The Kier molecular flexibility index (Phi) is 5.95. The van der Waals surface area contributed by atoms with E-state index in [1.165, 1.54) is 37.9 Å². The Morgan fingerprint density at radius 3 is 2.63 bits per heavy atom. The molecule has 4 nitrogen and oxygen atoms in total. The summed E-state index contributed by atoms with van der Waals surface area (Å²) in [5.41, 5.74) is 2.39. The summed E-state index contributed by atoms with van der Waals surface area (Å²) in [6.07, 6.45) is 4.16. The van der Waals surface area contributed by atoms with Gasteiger partial charge in [-0.25, -0.2) is 0 Å². The molecule has 1 N–H and O–H groups in total. The van der Waals surface area contributed by atoms with Gasteiger partial charge in [0.05, 0.1) is 7.11 Å². The quantitative estimate of drug-likeness (QED) is 0.731. The molecule has 1 aliphatic heterocycles. The van der Waals surface area contributed by atoms with Gasteiger partial charge in [-0.1, -0.05) is 36.4 Å². The molecule has 0 amide bonds. The van der Waals surface area contributed by atoms with Gasteiger partial charge in [0.2, 0.25) is 0 Å². The Morgan fingerprint density at radius 1 is 1.00 bits per heavy atom. The average Bonchev–Trinajstić information content (AvgIpc) is 3.46. The van der Waals surface area contributed by atoms with E-state index in [9.17, 15) is 0 Å². The van der Waals surface area contributed by atoms with Crippen LogP contribution >= 0.6 is 0 Å². The van der Waals surface area contributed by atoms with Crippen LogP contribution in [-0.2, 0) is 13.2 Å². The molecule has 0 spiro atoms. The number of ether oxygens (including phenoxy) is 2. The summed E-state index contributed by atoms with van der Waals surface area (Å²) in [5.74, 6) is 2.38. The van der Waals surface area contributed by atoms with Gasteiger partial charge in [0, 0.05) is 19.1 Å². The Labute approximate surface area is 162 Å². The SMILES string of the molecule is COc1ccc(CNCC2CCN(C3CC3)C2)cc1OCc1ccccc1. The first-order chi connectivity index (χ1) is 13.3. The molecule has 1 saturated heterocycles. The van der Waals surface area contributed by atoms with Crippen LogP contribution in [0.3, 0.4) is 0 Å². The number of benzene rings is 2. The molecule has 2 aromatic carbocycles. The zero-order valence-electron chi connectivity index (χ0n) is 16.2. The maximum Gasteiger partial charge on any atom is 0.161 e. The molecule has 2 fully saturated rings. The molecule has 144 valence electrons. The smallest absolute Gasteiger partial charge is 0.161 e. The van der Waals surface area contributed by atoms with Crippen molar-refractivity contribution in [2.24, 2.45) is 5.92 Å². The predicted octanol–water partition coefficient (Wildman–Crippen LogP) is 3.85. The van der Waals surface area contributed by atoms with Crippen molar-refractivity contribution < 1.29 is 9.47 Å². The lowest BCUT2D eigenvalue weighted by molar-refractivity contribution is 0.284. The molecule has 27 heavy (non-hydrogen) atoms. The van der Waals surface area contributed by atoms with Crippen molar-refractivity contribution in [2.45, 2.75) is 38.5 Å². The highest BCUT2D eigenvalue weighted by Gasteiger charge is 2.33. The van der Waals surface area contributed by atoms with Gasteiger partial charge in [-0.05, 0) is 61.5 Å². The second kappa shape index (κ2) is 8.77. The second-order valence-corrected chi connectivity index (χ2v) is 7.77. The van der Waals surface area contributed by atoms with E-state index in [0.29, 0.717) is 6.61 Å². The highest BCUT2D eigenvalue weighted by Crippen LogP contribution is 2.32. The molecule has 2 aliphatic rings. The van der Waals surface area contributed by atoms with Crippen LogP contribution in [0.15, 0.2) is 48.5 Å². The van der Waals surface area contributed by atoms with Crippen molar-refractivity contribution in [3.8, 4) is 11.5 Å². The molecule has 2 aromatic rings. The summed E-state index contributed by atoms with van der Waals surface area (Å²) >= 11 is 0. The number of nitrogens with one attached hydrogen (secondary N) is 1. The number of methoxy groups -OCH3 is 1. The van der Waals surface area contributed by atoms with Crippen LogP contribution in [0.2, 0.25) is 0 Å². The highest BCUT2D eigenvalue weighted by molar-refractivity contribution is 5.43. The van der Waals surface area contributed by atoms with Gasteiger partial charge in [-0.3, -0.25) is 0 Å². The van der Waals surface area contributed by atoms with Crippen LogP contribution in [-0.4, -0.2) is 37.7 Å². The highest BCUT2D eigenvalue weighted by atomic mass is 16.5. The average molecular weight is 367 g/mol. The van der Waals surface area contributed by atoms with Crippen molar-refractivity contribution in [3.63, 3.8) is 0 Å². The second-order valence-electron chi connectivity index (χ2n) is 7.77. The molecule has 1 atom stereocenters. The summed E-state index contributed by atoms with van der Waals surface area (Å²) < 4.78 is 11.5. The maximum absolute atomic E-state index is 6.02. The van der Waals surface area contributed by atoms with E-state index in [1.807, 2.05) is 24.3 Å². The molecule has 1 saturated carbocycles. The topological polar surface area (TPSA) is 33.7 Å². The largest absolute Gasteiger partial charge is 0.493 e. The molecular weight excluding hydrogens is 336 g/mol. The molecule has 1 unspecified atom stereocenters. The normalized spacial score (nSPS) is 20.0. The van der Waals surface area contributed by atoms with Crippen LogP contribution in [0, 0.1) is 5.92 Å². The van der Waals surface area contributed by atoms with Gasteiger partial charge >= 0.3 is 0 Å². The Bertz CT molecular complexity index is 730. The number of nitrogens with zero attached hydrogens (tertiary/aromatic N) is 1. The molecule has 1 aliphatic carbocycles. The van der Waals surface area contributed by atoms with Crippen LogP contribution in [0.25, 0.3) is 0 Å². The fraction of sp³-hybridized carbons (Fsp3) is 0.478. The van der Waals surface area contributed by atoms with Crippen molar-refractivity contribution in [1.82, 2.24) is 10.2 Å². The first kappa shape index (κ1) is 18.3. The van der Waals surface area contributed by atoms with Crippen LogP contribution < -0.4 is 14.8 Å². The first-order valence-electron chi connectivity index (χ1n) is 10.1. The predicted molar refractivity (Wildman–Crippen MR) is 108 cm³/mol. The van der Waals surface area contributed by atoms with Crippen LogP contribution in [0.5, 0.6) is 11.5 Å². The molecular formula is C23H30N2O2. The fourth-order valence-corrected chi connectivity index (χ4v) is 3.90. The summed E-state index contributed by atoms with van der Waals surface area (Å²) in [6, 6.07) is 17.3. The molecule has 0 radical (unpaired) electrons. The van der Waals surface area contributed by atoms with Gasteiger partial charge in [0.15, 0.2) is 11.5 Å². The van der Waals surface area contributed by atoms with Crippen LogP contribution in [0.1, 0.15) is 30.4 Å². The van der Waals surface area contributed by atoms with Gasteiger partial charge in [-0.15, -0.1) is 0 Å². The van der Waals surface area contributed by atoms with Gasteiger partial charge < -0.3 is 19.7 Å². The summed E-state index contributed by atoms with van der Waals surface area (Å²) in [4.78, 5) is 2.68. The zero-order valence-corrected chi connectivity index (χ0v) is 16.2. The van der Waals surface area contributed by atoms with Gasteiger partial charge in [-0.2, -0.15) is 0 Å². The molecule has 1 heterocycles. The van der Waals surface area contributed by atoms with Crippen molar-refractivity contribution in [1.29, 1.82) is 0 Å².